The molecule has 0 spiro atoms. The molecular weight excluding hydrogens is 733 g/mol. The van der Waals surface area contributed by atoms with Crippen LogP contribution in [0.15, 0.2) is 70.0 Å². The molecule has 54 heavy (non-hydrogen) atoms. The average Bonchev–Trinajstić information content (AvgIpc) is 3.54. The second-order valence-corrected chi connectivity index (χ2v) is 17.6. The zero-order valence-electron chi connectivity index (χ0n) is 31.8. The lowest BCUT2D eigenvalue weighted by Gasteiger charge is -2.36. The van der Waals surface area contributed by atoms with Crippen LogP contribution in [0.5, 0.6) is 0 Å². The van der Waals surface area contributed by atoms with Gasteiger partial charge in [-0.3, -0.25) is 4.79 Å². The van der Waals surface area contributed by atoms with Gasteiger partial charge >= 0.3 is 6.03 Å². The number of benzene rings is 2. The minimum absolute atomic E-state index is 0.0281. The molecule has 4 N–H and O–H groups in total. The summed E-state index contributed by atoms with van der Waals surface area (Å²) >= 11 is 1.43. The third-order valence-electron chi connectivity index (χ3n) is 9.08. The van der Waals surface area contributed by atoms with Crippen LogP contribution in [0.3, 0.4) is 0 Å². The highest BCUT2D eigenvalue weighted by Crippen LogP contribution is 2.30. The molecule has 1 fully saturated rings. The SMILES string of the molecule is COCc1nc(CN(C)C(=O)N[C@H](C(=O)N[C@@H](Cc2ccccc2)[C@H](O)CN(CC2CCC2)S(=O)(=O)c2ccc(/C=N/O)cc2)[C@@H](C)OC(C)(C)C)cs1. The van der Waals surface area contributed by atoms with Crippen molar-refractivity contribution in [3.8, 4) is 0 Å². The van der Waals surface area contributed by atoms with Crippen molar-refractivity contribution in [2.75, 3.05) is 27.2 Å². The Bertz CT molecular complexity index is 1780. The minimum Gasteiger partial charge on any atom is -0.411 e. The summed E-state index contributed by atoms with van der Waals surface area (Å²) < 4.78 is 40.7. The molecule has 1 aromatic heterocycles. The van der Waals surface area contributed by atoms with Crippen LogP contribution in [0.4, 0.5) is 4.79 Å². The lowest BCUT2D eigenvalue weighted by atomic mass is 9.85. The van der Waals surface area contributed by atoms with E-state index in [1.165, 1.54) is 51.0 Å². The van der Waals surface area contributed by atoms with Gasteiger partial charge in [-0.1, -0.05) is 54.0 Å². The summed E-state index contributed by atoms with van der Waals surface area (Å²) in [6.07, 6.45) is 1.99. The number of aliphatic hydroxyl groups is 1. The van der Waals surface area contributed by atoms with Crippen LogP contribution < -0.4 is 10.6 Å². The Morgan fingerprint density at radius 2 is 1.80 bits per heavy atom. The molecule has 4 atom stereocenters. The monoisotopic (exact) mass is 786 g/mol. The maximum absolute atomic E-state index is 14.3. The molecule has 0 bridgehead atoms. The van der Waals surface area contributed by atoms with Gasteiger partial charge in [-0.25, -0.2) is 18.2 Å². The molecule has 3 amide bonds. The second-order valence-electron chi connectivity index (χ2n) is 14.7. The van der Waals surface area contributed by atoms with Gasteiger partial charge in [0, 0.05) is 32.6 Å². The van der Waals surface area contributed by atoms with Crippen LogP contribution >= 0.6 is 11.3 Å². The Morgan fingerprint density at radius 1 is 1.11 bits per heavy atom. The fourth-order valence-corrected chi connectivity index (χ4v) is 8.42. The molecule has 16 heteroatoms. The maximum atomic E-state index is 14.3. The van der Waals surface area contributed by atoms with E-state index in [9.17, 15) is 23.1 Å². The summed E-state index contributed by atoms with van der Waals surface area (Å²) in [5, 5.41) is 32.2. The first-order chi connectivity index (χ1) is 25.6. The van der Waals surface area contributed by atoms with Gasteiger partial charge in [-0.15, -0.1) is 11.3 Å². The van der Waals surface area contributed by atoms with Gasteiger partial charge in [0.15, 0.2) is 0 Å². The molecular formula is C38H54N6O8S2. The number of oxime groups is 1. The molecule has 14 nitrogen and oxygen atoms in total. The topological polar surface area (TPSA) is 183 Å². The van der Waals surface area contributed by atoms with Crippen molar-refractivity contribution in [2.45, 2.75) is 101 Å². The lowest BCUT2D eigenvalue weighted by Crippen LogP contribution is -2.60. The molecule has 1 heterocycles. The number of nitrogens with one attached hydrogen (secondary N) is 2. The van der Waals surface area contributed by atoms with E-state index < -0.39 is 51.9 Å². The van der Waals surface area contributed by atoms with Crippen LogP contribution in [-0.4, -0.2) is 108 Å². The summed E-state index contributed by atoms with van der Waals surface area (Å²) in [5.41, 5.74) is 1.35. The van der Waals surface area contributed by atoms with Crippen molar-refractivity contribution in [1.29, 1.82) is 0 Å². The zero-order chi connectivity index (χ0) is 39.5. The highest BCUT2D eigenvalue weighted by atomic mass is 32.2. The Balaban J connectivity index is 1.59. The largest absolute Gasteiger partial charge is 0.411 e. The number of amides is 3. The molecule has 296 valence electrons. The average molecular weight is 787 g/mol. The highest BCUT2D eigenvalue weighted by Gasteiger charge is 2.37. The van der Waals surface area contributed by atoms with Crippen molar-refractivity contribution in [3.05, 3.63) is 81.8 Å². The Morgan fingerprint density at radius 3 is 2.39 bits per heavy atom. The second kappa shape index (κ2) is 19.6. The fraction of sp³-hybridized carbons (Fsp3) is 0.526. The Kier molecular flexibility index (Phi) is 15.5. The number of ether oxygens (including phenoxy) is 2. The van der Waals surface area contributed by atoms with Crippen LogP contribution in [0.2, 0.25) is 0 Å². The van der Waals surface area contributed by atoms with Gasteiger partial charge in [0.25, 0.3) is 0 Å². The van der Waals surface area contributed by atoms with Crippen molar-refractivity contribution < 1.29 is 37.8 Å². The van der Waals surface area contributed by atoms with E-state index in [0.717, 1.165) is 29.8 Å². The van der Waals surface area contributed by atoms with Crippen molar-refractivity contribution in [1.82, 2.24) is 24.8 Å². The van der Waals surface area contributed by atoms with Gasteiger partial charge in [0.2, 0.25) is 15.9 Å². The van der Waals surface area contributed by atoms with E-state index in [0.29, 0.717) is 17.9 Å². The van der Waals surface area contributed by atoms with E-state index in [1.807, 2.05) is 56.5 Å². The standard InChI is InChI=1S/C38H54N6O8S2/c1-26(52-38(2,3)4)35(42-37(47)43(5)22-30-25-53-34(40-30)24-51-6)36(46)41-32(19-27-11-8-7-9-12-27)33(45)23-44(21-29-13-10-14-29)54(49,50)31-17-15-28(16-18-31)20-39-48/h7-9,11-12,15-18,20,25-26,29,32-33,35,45,48H,10,13-14,19,21-24H2,1-6H3,(H,41,46)(H,42,47)/b39-20+/t26-,32+,33-,35+/m1/s1. The van der Waals surface area contributed by atoms with E-state index in [1.54, 1.807) is 21.1 Å². The number of carbonyl (C=O) groups excluding carboxylic acids is 2. The first kappa shape index (κ1) is 42.8. The number of hydrogen-bond donors (Lipinski definition) is 4. The number of urea groups is 1. The molecule has 0 aliphatic heterocycles. The molecule has 2 aromatic carbocycles. The van der Waals surface area contributed by atoms with Gasteiger partial charge in [-0.05, 0) is 76.1 Å². The molecule has 1 saturated carbocycles. The third-order valence-corrected chi connectivity index (χ3v) is 11.8. The normalized spacial score (nSPS) is 16.1. The number of nitrogens with zero attached hydrogens (tertiary/aromatic N) is 4. The van der Waals surface area contributed by atoms with Crippen molar-refractivity contribution in [3.63, 3.8) is 0 Å². The molecule has 1 aliphatic carbocycles. The summed E-state index contributed by atoms with van der Waals surface area (Å²) in [4.78, 5) is 33.8. The molecule has 1 aliphatic rings. The molecule has 0 saturated heterocycles. The number of methoxy groups -OCH3 is 1. The number of thiazole rings is 1. The van der Waals surface area contributed by atoms with Crippen LogP contribution in [-0.2, 0) is 43.9 Å². The molecule has 0 radical (unpaired) electrons. The van der Waals surface area contributed by atoms with E-state index in [4.69, 9.17) is 14.7 Å². The van der Waals surface area contributed by atoms with E-state index >= 15 is 0 Å². The number of sulfonamides is 1. The van der Waals surface area contributed by atoms with Gasteiger partial charge in [0.05, 0.1) is 53.8 Å². The number of carbonyl (C=O) groups is 2. The van der Waals surface area contributed by atoms with E-state index in [-0.39, 0.29) is 36.9 Å². The quantitative estimate of drug-likeness (QED) is 0.0778. The molecule has 4 rings (SSSR count). The summed E-state index contributed by atoms with van der Waals surface area (Å²) in [5.74, 6) is -0.461. The predicted octanol–water partition coefficient (Wildman–Crippen LogP) is 4.39. The van der Waals surface area contributed by atoms with Crippen LogP contribution in [0.1, 0.15) is 68.8 Å². The Hall–Kier alpha value is -3.93. The van der Waals surface area contributed by atoms with Crippen LogP contribution in [0, 0.1) is 5.92 Å². The number of aromatic nitrogens is 1. The smallest absolute Gasteiger partial charge is 0.318 e. The van der Waals surface area contributed by atoms with Gasteiger partial charge < -0.3 is 35.3 Å². The lowest BCUT2D eigenvalue weighted by molar-refractivity contribution is -0.132. The predicted molar refractivity (Wildman–Crippen MR) is 207 cm³/mol. The summed E-state index contributed by atoms with van der Waals surface area (Å²) in [7, 11) is -0.895. The minimum atomic E-state index is -4.08. The number of hydrogen-bond acceptors (Lipinski definition) is 11. The summed E-state index contributed by atoms with van der Waals surface area (Å²) in [6.45, 7) is 7.70. The Labute approximate surface area is 322 Å². The summed E-state index contributed by atoms with van der Waals surface area (Å²) in [6, 6.07) is 12.5. The molecule has 0 unspecified atom stereocenters. The number of aliphatic hydroxyl groups excluding tert-OH is 1. The van der Waals surface area contributed by atoms with E-state index in [2.05, 4.69) is 20.8 Å². The molecule has 3 aromatic rings. The zero-order valence-corrected chi connectivity index (χ0v) is 33.5. The van der Waals surface area contributed by atoms with Crippen molar-refractivity contribution >= 4 is 39.5 Å². The highest BCUT2D eigenvalue weighted by molar-refractivity contribution is 7.89. The van der Waals surface area contributed by atoms with Gasteiger partial charge in [0.1, 0.15) is 11.0 Å². The van der Waals surface area contributed by atoms with Crippen LogP contribution in [0.25, 0.3) is 0 Å². The first-order valence-electron chi connectivity index (χ1n) is 18.0. The maximum Gasteiger partial charge on any atom is 0.318 e. The number of rotatable bonds is 19. The third kappa shape index (κ3) is 12.6. The van der Waals surface area contributed by atoms with Gasteiger partial charge in [-0.2, -0.15) is 4.31 Å². The fourth-order valence-electron chi connectivity index (χ4n) is 6.13. The van der Waals surface area contributed by atoms with Crippen molar-refractivity contribution in [2.24, 2.45) is 11.1 Å². The first-order valence-corrected chi connectivity index (χ1v) is 20.3.